The van der Waals surface area contributed by atoms with Crippen LogP contribution in [0.2, 0.25) is 0 Å². The molecule has 0 spiro atoms. The van der Waals surface area contributed by atoms with Crippen LogP contribution in [0.3, 0.4) is 0 Å². The molecule has 25 heavy (non-hydrogen) atoms. The van der Waals surface area contributed by atoms with Crippen LogP contribution in [0.4, 0.5) is 21.8 Å². The second kappa shape index (κ2) is 7.25. The zero-order valence-electron chi connectivity index (χ0n) is 14.5. The van der Waals surface area contributed by atoms with Gasteiger partial charge in [-0.25, -0.2) is 9.37 Å². The van der Waals surface area contributed by atoms with Gasteiger partial charge in [0.15, 0.2) is 0 Å². The lowest BCUT2D eigenvalue weighted by atomic mass is 10.2. The molecule has 0 saturated carbocycles. The summed E-state index contributed by atoms with van der Waals surface area (Å²) in [5.74, 6) is 0.758. The Kier molecular flexibility index (Phi) is 4.88. The molecule has 1 aromatic carbocycles. The number of hydrogen-bond donors (Lipinski definition) is 2. The fourth-order valence-electron chi connectivity index (χ4n) is 2.41. The average molecular weight is 337 g/mol. The highest BCUT2D eigenvalue weighted by Crippen LogP contribution is 2.26. The number of hydrogen-bond acceptors (Lipinski definition) is 5. The summed E-state index contributed by atoms with van der Waals surface area (Å²) in [6.45, 7) is 6.19. The third-order valence-electron chi connectivity index (χ3n) is 4.01. The Hall–Kier alpha value is -3.02. The predicted octanol–water partition coefficient (Wildman–Crippen LogP) is 4.29. The molecule has 3 rings (SSSR count). The van der Waals surface area contributed by atoms with Crippen LogP contribution in [0.15, 0.2) is 42.6 Å². The number of benzene rings is 1. The molecule has 0 atom stereocenters. The van der Waals surface area contributed by atoms with E-state index in [-0.39, 0.29) is 5.82 Å². The van der Waals surface area contributed by atoms with Crippen molar-refractivity contribution in [1.82, 2.24) is 15.0 Å². The Morgan fingerprint density at radius 2 is 1.84 bits per heavy atom. The summed E-state index contributed by atoms with van der Waals surface area (Å²) in [4.78, 5) is 13.2. The van der Waals surface area contributed by atoms with Gasteiger partial charge in [-0.3, -0.25) is 4.98 Å². The van der Waals surface area contributed by atoms with Crippen LogP contribution in [0, 0.1) is 26.6 Å². The first-order chi connectivity index (χ1) is 12.0. The topological polar surface area (TPSA) is 62.7 Å². The Morgan fingerprint density at radius 3 is 2.56 bits per heavy atom. The molecule has 0 saturated heterocycles. The van der Waals surface area contributed by atoms with Crippen molar-refractivity contribution in [2.45, 2.75) is 27.3 Å². The summed E-state index contributed by atoms with van der Waals surface area (Å²) in [5.41, 5.74) is 3.85. The van der Waals surface area contributed by atoms with Gasteiger partial charge in [0.1, 0.15) is 11.6 Å². The van der Waals surface area contributed by atoms with Crippen LogP contribution in [0.25, 0.3) is 0 Å². The lowest BCUT2D eigenvalue weighted by Crippen LogP contribution is -2.09. The summed E-state index contributed by atoms with van der Waals surface area (Å²) >= 11 is 0. The third-order valence-corrected chi connectivity index (χ3v) is 4.01. The first-order valence-electron chi connectivity index (χ1n) is 8.06. The van der Waals surface area contributed by atoms with Gasteiger partial charge in [-0.15, -0.1) is 0 Å². The summed E-state index contributed by atoms with van der Waals surface area (Å²) in [7, 11) is 0. The SMILES string of the molecule is Cc1cccc(F)c1Nc1nc(NCc2ccccn2)nc(C)c1C. The molecule has 6 heteroatoms. The maximum atomic E-state index is 14.1. The molecule has 0 unspecified atom stereocenters. The van der Waals surface area contributed by atoms with Crippen molar-refractivity contribution in [3.05, 3.63) is 70.9 Å². The summed E-state index contributed by atoms with van der Waals surface area (Å²) < 4.78 is 14.1. The minimum atomic E-state index is -0.307. The number of nitrogens with zero attached hydrogens (tertiary/aromatic N) is 3. The first kappa shape index (κ1) is 16.8. The van der Waals surface area contributed by atoms with Gasteiger partial charge in [0.25, 0.3) is 0 Å². The van der Waals surface area contributed by atoms with E-state index in [1.807, 2.05) is 45.0 Å². The molecule has 2 N–H and O–H groups in total. The number of aryl methyl sites for hydroxylation is 2. The lowest BCUT2D eigenvalue weighted by molar-refractivity contribution is 0.630. The number of pyridine rings is 1. The van der Waals surface area contributed by atoms with Gasteiger partial charge >= 0.3 is 0 Å². The van der Waals surface area contributed by atoms with Crippen molar-refractivity contribution in [2.24, 2.45) is 0 Å². The van der Waals surface area contributed by atoms with E-state index in [2.05, 4.69) is 25.6 Å². The highest BCUT2D eigenvalue weighted by molar-refractivity contribution is 5.64. The smallest absolute Gasteiger partial charge is 0.225 e. The molecule has 0 fully saturated rings. The van der Waals surface area contributed by atoms with E-state index in [1.165, 1.54) is 6.07 Å². The van der Waals surface area contributed by atoms with E-state index in [4.69, 9.17) is 0 Å². The second-order valence-electron chi connectivity index (χ2n) is 5.84. The molecule has 128 valence electrons. The van der Waals surface area contributed by atoms with Gasteiger partial charge in [0, 0.05) is 17.5 Å². The molecule has 2 aromatic heterocycles. The van der Waals surface area contributed by atoms with Gasteiger partial charge < -0.3 is 10.6 Å². The maximum absolute atomic E-state index is 14.1. The molecule has 0 aliphatic heterocycles. The van der Waals surface area contributed by atoms with E-state index in [0.29, 0.717) is 24.0 Å². The fraction of sp³-hybridized carbons (Fsp3) is 0.211. The second-order valence-corrected chi connectivity index (χ2v) is 5.84. The molecular formula is C19H20FN5. The number of anilines is 3. The van der Waals surface area contributed by atoms with Crippen LogP contribution < -0.4 is 10.6 Å². The Morgan fingerprint density at radius 1 is 1.00 bits per heavy atom. The Labute approximate surface area is 146 Å². The molecule has 2 heterocycles. The van der Waals surface area contributed by atoms with E-state index in [0.717, 1.165) is 22.5 Å². The van der Waals surface area contributed by atoms with Gasteiger partial charge in [0.2, 0.25) is 5.95 Å². The van der Waals surface area contributed by atoms with E-state index < -0.39 is 0 Å². The number of rotatable bonds is 5. The molecule has 0 bridgehead atoms. The number of para-hydroxylation sites is 1. The van der Waals surface area contributed by atoms with Crippen molar-refractivity contribution < 1.29 is 4.39 Å². The van der Waals surface area contributed by atoms with Crippen LogP contribution >= 0.6 is 0 Å². The predicted molar refractivity (Wildman–Crippen MR) is 97.5 cm³/mol. The molecule has 0 aliphatic carbocycles. The number of nitrogens with one attached hydrogen (secondary N) is 2. The van der Waals surface area contributed by atoms with Crippen molar-refractivity contribution in [3.63, 3.8) is 0 Å². The van der Waals surface area contributed by atoms with Crippen molar-refractivity contribution in [1.29, 1.82) is 0 Å². The van der Waals surface area contributed by atoms with Crippen LogP contribution in [0.5, 0.6) is 0 Å². The maximum Gasteiger partial charge on any atom is 0.225 e. The molecule has 5 nitrogen and oxygen atoms in total. The first-order valence-corrected chi connectivity index (χ1v) is 8.06. The van der Waals surface area contributed by atoms with Crippen molar-refractivity contribution >= 4 is 17.5 Å². The largest absolute Gasteiger partial charge is 0.349 e. The number of halogens is 1. The van der Waals surface area contributed by atoms with E-state index in [9.17, 15) is 4.39 Å². The normalized spacial score (nSPS) is 10.6. The minimum absolute atomic E-state index is 0.307. The summed E-state index contributed by atoms with van der Waals surface area (Å²) in [6.07, 6.45) is 1.74. The highest BCUT2D eigenvalue weighted by Gasteiger charge is 2.12. The van der Waals surface area contributed by atoms with Crippen LogP contribution in [0.1, 0.15) is 22.5 Å². The van der Waals surface area contributed by atoms with Gasteiger partial charge in [-0.2, -0.15) is 4.98 Å². The van der Waals surface area contributed by atoms with Crippen molar-refractivity contribution in [3.8, 4) is 0 Å². The molecule has 3 aromatic rings. The summed E-state index contributed by atoms with van der Waals surface area (Å²) in [5, 5.41) is 6.27. The van der Waals surface area contributed by atoms with E-state index >= 15 is 0 Å². The Bertz CT molecular complexity index is 860. The third kappa shape index (κ3) is 3.91. The zero-order chi connectivity index (χ0) is 17.8. The standard InChI is InChI=1S/C19H20FN5/c1-12-7-6-9-16(20)17(12)24-18-13(2)14(3)23-19(25-18)22-11-15-8-4-5-10-21-15/h4-10H,11H2,1-3H3,(H2,22,23,24,25). The average Bonchev–Trinajstić information content (AvgIpc) is 2.61. The molecule has 0 radical (unpaired) electrons. The minimum Gasteiger partial charge on any atom is -0.349 e. The monoisotopic (exact) mass is 337 g/mol. The quantitative estimate of drug-likeness (QED) is 0.727. The van der Waals surface area contributed by atoms with E-state index in [1.54, 1.807) is 12.3 Å². The lowest BCUT2D eigenvalue weighted by Gasteiger charge is -2.15. The molecular weight excluding hydrogens is 317 g/mol. The Balaban J connectivity index is 1.85. The van der Waals surface area contributed by atoms with Crippen molar-refractivity contribution in [2.75, 3.05) is 10.6 Å². The fourth-order valence-corrected chi connectivity index (χ4v) is 2.41. The van der Waals surface area contributed by atoms with Crippen LogP contribution in [-0.4, -0.2) is 15.0 Å². The number of aromatic nitrogens is 3. The zero-order valence-corrected chi connectivity index (χ0v) is 14.5. The van der Waals surface area contributed by atoms with Gasteiger partial charge in [0.05, 0.1) is 17.9 Å². The molecule has 0 amide bonds. The van der Waals surface area contributed by atoms with Gasteiger partial charge in [-0.1, -0.05) is 18.2 Å². The van der Waals surface area contributed by atoms with Gasteiger partial charge in [-0.05, 0) is 44.5 Å². The summed E-state index contributed by atoms with van der Waals surface area (Å²) in [6, 6.07) is 10.7. The molecule has 0 aliphatic rings. The highest BCUT2D eigenvalue weighted by atomic mass is 19.1. The van der Waals surface area contributed by atoms with Crippen LogP contribution in [-0.2, 0) is 6.54 Å².